The maximum absolute atomic E-state index is 13.0. The van der Waals surface area contributed by atoms with Crippen LogP contribution >= 0.6 is 7.82 Å². The van der Waals surface area contributed by atoms with Gasteiger partial charge in [0.2, 0.25) is 5.91 Å². The first-order valence-corrected chi connectivity index (χ1v) is 30.8. The Labute approximate surface area is 423 Å². The van der Waals surface area contributed by atoms with Crippen molar-refractivity contribution in [3.05, 3.63) is 36.5 Å². The number of hydrogen-bond donors (Lipinski definition) is 2. The average molecular weight is 980 g/mol. The summed E-state index contributed by atoms with van der Waals surface area (Å²) in [5.74, 6) is -0.202. The fraction of sp³-hybridized carbons (Fsp3) is 0.881. The van der Waals surface area contributed by atoms with E-state index in [1.807, 2.05) is 27.2 Å². The maximum atomic E-state index is 13.0. The van der Waals surface area contributed by atoms with E-state index in [0.29, 0.717) is 17.4 Å². The molecule has 8 nitrogen and oxygen atoms in total. The van der Waals surface area contributed by atoms with Crippen LogP contribution in [0.2, 0.25) is 0 Å². The van der Waals surface area contributed by atoms with Crippen LogP contribution < -0.4 is 10.2 Å². The molecule has 0 aliphatic heterocycles. The molecule has 0 aromatic rings. The first-order valence-electron chi connectivity index (χ1n) is 29.4. The number of allylic oxidation sites excluding steroid dienone is 5. The number of quaternary nitrogens is 1. The lowest BCUT2D eigenvalue weighted by molar-refractivity contribution is -0.870. The molecule has 402 valence electrons. The molecule has 2 N–H and O–H groups in total. The van der Waals surface area contributed by atoms with Crippen molar-refractivity contribution in [2.75, 3.05) is 40.9 Å². The summed E-state index contributed by atoms with van der Waals surface area (Å²) in [4.78, 5) is 25.5. The van der Waals surface area contributed by atoms with Gasteiger partial charge in [0.15, 0.2) is 0 Å². The van der Waals surface area contributed by atoms with Crippen LogP contribution in [0.5, 0.6) is 0 Å². The summed E-state index contributed by atoms with van der Waals surface area (Å²) in [5.41, 5.74) is 0. The maximum Gasteiger partial charge on any atom is 0.268 e. The Morgan fingerprint density at radius 2 is 0.853 bits per heavy atom. The molecule has 3 unspecified atom stereocenters. The number of phosphoric acid groups is 1. The van der Waals surface area contributed by atoms with Crippen molar-refractivity contribution in [2.45, 2.75) is 296 Å². The summed E-state index contributed by atoms with van der Waals surface area (Å²) in [6.07, 6.45) is 65.0. The van der Waals surface area contributed by atoms with Gasteiger partial charge in [-0.1, -0.05) is 262 Å². The predicted molar refractivity (Wildman–Crippen MR) is 293 cm³/mol. The fourth-order valence-corrected chi connectivity index (χ4v) is 9.44. The summed E-state index contributed by atoms with van der Waals surface area (Å²) in [6, 6.07) is -0.891. The van der Waals surface area contributed by atoms with E-state index in [4.69, 9.17) is 9.05 Å². The van der Waals surface area contributed by atoms with Gasteiger partial charge in [0.1, 0.15) is 13.2 Å². The largest absolute Gasteiger partial charge is 0.756 e. The van der Waals surface area contributed by atoms with Crippen molar-refractivity contribution in [1.29, 1.82) is 0 Å². The van der Waals surface area contributed by atoms with Crippen molar-refractivity contribution in [3.63, 3.8) is 0 Å². The lowest BCUT2D eigenvalue weighted by Crippen LogP contribution is -2.45. The first kappa shape index (κ1) is 66.7. The number of phosphoric ester groups is 1. The summed E-state index contributed by atoms with van der Waals surface area (Å²) in [5, 5.41) is 13.9. The molecule has 0 spiro atoms. The lowest BCUT2D eigenvalue weighted by atomic mass is 10.0. The molecular weight excluding hydrogens is 864 g/mol. The summed E-state index contributed by atoms with van der Waals surface area (Å²) in [7, 11) is 1.26. The minimum absolute atomic E-state index is 0.00231. The Bertz CT molecular complexity index is 1200. The van der Waals surface area contributed by atoms with E-state index in [-0.39, 0.29) is 19.1 Å². The molecule has 0 radical (unpaired) electrons. The van der Waals surface area contributed by atoms with Gasteiger partial charge in [-0.3, -0.25) is 9.36 Å². The third-order valence-electron chi connectivity index (χ3n) is 13.3. The highest BCUT2D eigenvalue weighted by molar-refractivity contribution is 7.45. The van der Waals surface area contributed by atoms with Gasteiger partial charge in [0.05, 0.1) is 39.9 Å². The van der Waals surface area contributed by atoms with Gasteiger partial charge in [0.25, 0.3) is 7.82 Å². The second-order valence-corrected chi connectivity index (χ2v) is 22.8. The quantitative estimate of drug-likeness (QED) is 0.0272. The van der Waals surface area contributed by atoms with Crippen LogP contribution in [-0.2, 0) is 18.4 Å². The number of likely N-dealkylation sites (N-methyl/N-ethyl adjacent to an activating group) is 1. The van der Waals surface area contributed by atoms with Gasteiger partial charge >= 0.3 is 0 Å². The van der Waals surface area contributed by atoms with Crippen LogP contribution in [0.15, 0.2) is 36.5 Å². The van der Waals surface area contributed by atoms with Crippen LogP contribution in [0.3, 0.4) is 0 Å². The molecule has 0 heterocycles. The Balaban J connectivity index is 4.23. The summed E-state index contributed by atoms with van der Waals surface area (Å²) < 4.78 is 23.4. The van der Waals surface area contributed by atoms with Crippen molar-refractivity contribution < 1.29 is 32.9 Å². The Morgan fingerprint density at radius 1 is 0.515 bits per heavy atom. The lowest BCUT2D eigenvalue weighted by Gasteiger charge is -2.29. The normalized spacial score (nSPS) is 14.2. The number of unbranched alkanes of at least 4 members (excludes halogenated alkanes) is 37. The SMILES string of the molecule is CCCCCCCCCCC/C=C\C/C=C\CCCCCCCCCC(=O)NC(COP(=O)([O-])OCC[N+](C)(C)C)C(O)/C=C/CCCCCCCCCCCCCCCCCCCCCCC. The molecular formula is C59H115N2O6P. The van der Waals surface area contributed by atoms with Crippen molar-refractivity contribution >= 4 is 13.7 Å². The second-order valence-electron chi connectivity index (χ2n) is 21.4. The topological polar surface area (TPSA) is 108 Å². The minimum Gasteiger partial charge on any atom is -0.756 e. The standard InChI is InChI=1S/C59H115N2O6P/c1-6-8-10-12-14-16-18-20-22-24-26-28-30-32-34-36-38-40-42-44-46-48-50-52-58(62)57(56-67-68(64,65)66-55-54-61(3,4)5)60-59(63)53-51-49-47-45-43-41-39-37-35-33-31-29-27-25-23-21-19-17-15-13-11-9-7-2/h27,29,33,35,50,52,57-58,62H,6-26,28,30-32,34,36-49,51,53-56H2,1-5H3,(H-,60,63,64,65)/b29-27-,35-33-,52-50+. The Kier molecular flexibility index (Phi) is 49.7. The molecule has 1 amide bonds. The highest BCUT2D eigenvalue weighted by atomic mass is 31.2. The van der Waals surface area contributed by atoms with E-state index in [0.717, 1.165) is 51.4 Å². The fourth-order valence-electron chi connectivity index (χ4n) is 8.72. The van der Waals surface area contributed by atoms with Gasteiger partial charge in [-0.15, -0.1) is 0 Å². The number of hydrogen-bond acceptors (Lipinski definition) is 6. The highest BCUT2D eigenvalue weighted by Gasteiger charge is 2.23. The van der Waals surface area contributed by atoms with Crippen molar-refractivity contribution in [3.8, 4) is 0 Å². The number of aliphatic hydroxyl groups is 1. The van der Waals surface area contributed by atoms with Crippen molar-refractivity contribution in [1.82, 2.24) is 5.32 Å². The molecule has 0 bridgehead atoms. The molecule has 0 saturated heterocycles. The van der Waals surface area contributed by atoms with Gasteiger partial charge in [-0.25, -0.2) is 0 Å². The first-order chi connectivity index (χ1) is 33.0. The van der Waals surface area contributed by atoms with E-state index in [1.165, 1.54) is 212 Å². The van der Waals surface area contributed by atoms with E-state index < -0.39 is 20.0 Å². The minimum atomic E-state index is -4.60. The van der Waals surface area contributed by atoms with Crippen LogP contribution in [-0.4, -0.2) is 68.5 Å². The van der Waals surface area contributed by atoms with E-state index in [1.54, 1.807) is 6.08 Å². The van der Waals surface area contributed by atoms with Crippen LogP contribution in [0.1, 0.15) is 284 Å². The van der Waals surface area contributed by atoms with E-state index >= 15 is 0 Å². The summed E-state index contributed by atoms with van der Waals surface area (Å²) >= 11 is 0. The number of rotatable bonds is 54. The van der Waals surface area contributed by atoms with Crippen LogP contribution in [0.4, 0.5) is 0 Å². The van der Waals surface area contributed by atoms with E-state index in [2.05, 4.69) is 43.5 Å². The van der Waals surface area contributed by atoms with Crippen LogP contribution in [0, 0.1) is 0 Å². The molecule has 9 heteroatoms. The third kappa shape index (κ3) is 52.5. The zero-order valence-electron chi connectivity index (χ0n) is 45.8. The highest BCUT2D eigenvalue weighted by Crippen LogP contribution is 2.38. The molecule has 68 heavy (non-hydrogen) atoms. The smallest absolute Gasteiger partial charge is 0.268 e. The van der Waals surface area contributed by atoms with Gasteiger partial charge in [-0.05, 0) is 51.4 Å². The Morgan fingerprint density at radius 3 is 1.22 bits per heavy atom. The molecule has 0 rings (SSSR count). The van der Waals surface area contributed by atoms with Crippen LogP contribution in [0.25, 0.3) is 0 Å². The van der Waals surface area contributed by atoms with Gasteiger partial charge < -0.3 is 28.8 Å². The number of nitrogens with zero attached hydrogens (tertiary/aromatic N) is 1. The third-order valence-corrected chi connectivity index (χ3v) is 14.3. The molecule has 3 atom stereocenters. The van der Waals surface area contributed by atoms with Gasteiger partial charge in [0, 0.05) is 6.42 Å². The molecule has 0 aromatic heterocycles. The number of aliphatic hydroxyl groups excluding tert-OH is 1. The van der Waals surface area contributed by atoms with Gasteiger partial charge in [-0.2, -0.15) is 0 Å². The molecule has 0 fully saturated rings. The monoisotopic (exact) mass is 979 g/mol. The van der Waals surface area contributed by atoms with Crippen molar-refractivity contribution in [2.24, 2.45) is 0 Å². The average Bonchev–Trinajstić information content (AvgIpc) is 3.30. The Hall–Kier alpha value is -1.28. The summed E-state index contributed by atoms with van der Waals surface area (Å²) in [6.45, 7) is 4.68. The molecule has 0 aliphatic carbocycles. The second kappa shape index (κ2) is 50.7. The number of carbonyl (C=O) groups is 1. The zero-order valence-corrected chi connectivity index (χ0v) is 46.7. The predicted octanol–water partition coefficient (Wildman–Crippen LogP) is 17.1. The number of nitrogens with one attached hydrogen (secondary N) is 1. The zero-order chi connectivity index (χ0) is 49.9. The van der Waals surface area contributed by atoms with E-state index in [9.17, 15) is 19.4 Å². The molecule has 0 aromatic carbocycles. The molecule has 0 aliphatic rings. The molecule has 0 saturated carbocycles. The number of amides is 1. The number of carbonyl (C=O) groups excluding carboxylic acids is 1.